The molecule has 0 unspecified atom stereocenters. The molecule has 0 radical (unpaired) electrons. The van der Waals surface area contributed by atoms with Crippen molar-refractivity contribution >= 4 is 15.9 Å². The summed E-state index contributed by atoms with van der Waals surface area (Å²) in [6.45, 7) is 2.01. The second kappa shape index (κ2) is 4.81. The second-order valence-corrected chi connectivity index (χ2v) is 4.63. The van der Waals surface area contributed by atoms with Crippen molar-refractivity contribution in [3.63, 3.8) is 0 Å². The zero-order valence-electron chi connectivity index (χ0n) is 9.02. The smallest absolute Gasteiger partial charge is 0.105 e. The Morgan fingerprint density at radius 3 is 2.12 bits per heavy atom. The minimum Gasteiger partial charge on any atom is -0.384 e. The van der Waals surface area contributed by atoms with Gasteiger partial charge in [0.2, 0.25) is 0 Å². The Kier molecular flexibility index (Phi) is 3.42. The van der Waals surface area contributed by atoms with E-state index in [1.54, 1.807) is 0 Å². The van der Waals surface area contributed by atoms with Crippen molar-refractivity contribution in [3.05, 3.63) is 69.7 Å². The van der Waals surface area contributed by atoms with Gasteiger partial charge in [0, 0.05) is 4.47 Å². The second-order valence-electron chi connectivity index (χ2n) is 3.78. The van der Waals surface area contributed by atoms with Crippen molar-refractivity contribution < 1.29 is 5.11 Å². The maximum atomic E-state index is 10.3. The molecule has 0 saturated carbocycles. The van der Waals surface area contributed by atoms with Gasteiger partial charge in [0.15, 0.2) is 0 Å². The Morgan fingerprint density at radius 2 is 1.50 bits per heavy atom. The van der Waals surface area contributed by atoms with Gasteiger partial charge in [-0.3, -0.25) is 0 Å². The Morgan fingerprint density at radius 1 is 0.938 bits per heavy atom. The molecule has 0 aliphatic carbocycles. The summed E-state index contributed by atoms with van der Waals surface area (Å²) in [5, 5.41) is 10.3. The third-order valence-electron chi connectivity index (χ3n) is 2.68. The summed E-state index contributed by atoms with van der Waals surface area (Å²) in [6.07, 6.45) is -0.572. The van der Waals surface area contributed by atoms with E-state index in [9.17, 15) is 5.11 Å². The summed E-state index contributed by atoms with van der Waals surface area (Å²) >= 11 is 3.46. The molecule has 0 amide bonds. The van der Waals surface area contributed by atoms with Crippen LogP contribution >= 0.6 is 15.9 Å². The lowest BCUT2D eigenvalue weighted by atomic mass is 9.98. The topological polar surface area (TPSA) is 20.2 Å². The van der Waals surface area contributed by atoms with E-state index in [2.05, 4.69) is 15.9 Å². The van der Waals surface area contributed by atoms with Crippen LogP contribution in [0.3, 0.4) is 0 Å². The third-order valence-corrected chi connectivity index (χ3v) is 3.41. The monoisotopic (exact) mass is 276 g/mol. The maximum absolute atomic E-state index is 10.3. The van der Waals surface area contributed by atoms with Crippen LogP contribution in [-0.2, 0) is 0 Å². The van der Waals surface area contributed by atoms with E-state index in [1.165, 1.54) is 0 Å². The normalized spacial score (nSPS) is 12.4. The first-order valence-corrected chi connectivity index (χ1v) is 5.97. The summed E-state index contributed by atoms with van der Waals surface area (Å²) in [4.78, 5) is 0. The van der Waals surface area contributed by atoms with Gasteiger partial charge in [0.25, 0.3) is 0 Å². The molecule has 0 aromatic heterocycles. The summed E-state index contributed by atoms with van der Waals surface area (Å²) < 4.78 is 0.936. The number of aryl methyl sites for hydroxylation is 1. The fraction of sp³-hybridized carbons (Fsp3) is 0.143. The first-order chi connectivity index (χ1) is 7.70. The highest BCUT2D eigenvalue weighted by Gasteiger charge is 2.14. The average molecular weight is 277 g/mol. The van der Waals surface area contributed by atoms with Crippen LogP contribution in [0.2, 0.25) is 0 Å². The molecular weight excluding hydrogens is 264 g/mol. The van der Waals surface area contributed by atoms with E-state index < -0.39 is 6.10 Å². The minimum atomic E-state index is -0.572. The van der Waals surface area contributed by atoms with E-state index in [-0.39, 0.29) is 0 Å². The largest absolute Gasteiger partial charge is 0.384 e. The van der Waals surface area contributed by atoms with Gasteiger partial charge in [-0.05, 0) is 29.7 Å². The lowest BCUT2D eigenvalue weighted by molar-refractivity contribution is 0.219. The summed E-state index contributed by atoms with van der Waals surface area (Å²) in [7, 11) is 0. The van der Waals surface area contributed by atoms with Crippen molar-refractivity contribution in [2.75, 3.05) is 0 Å². The van der Waals surface area contributed by atoms with E-state index in [1.807, 2.05) is 55.5 Å². The van der Waals surface area contributed by atoms with Crippen LogP contribution in [0.25, 0.3) is 0 Å². The molecular formula is C14H13BrO. The van der Waals surface area contributed by atoms with E-state index in [0.29, 0.717) is 0 Å². The lowest BCUT2D eigenvalue weighted by Gasteiger charge is -2.15. The molecule has 2 rings (SSSR count). The van der Waals surface area contributed by atoms with Crippen molar-refractivity contribution in [1.82, 2.24) is 0 Å². The number of aliphatic hydroxyl groups is 1. The molecule has 0 aliphatic rings. The fourth-order valence-corrected chi connectivity index (χ4v) is 2.26. The summed E-state index contributed by atoms with van der Waals surface area (Å²) in [6, 6.07) is 15.6. The summed E-state index contributed by atoms with van der Waals surface area (Å²) in [5.74, 6) is 0. The molecule has 0 fully saturated rings. The van der Waals surface area contributed by atoms with E-state index >= 15 is 0 Å². The number of benzene rings is 2. The number of aliphatic hydroxyl groups excluding tert-OH is 1. The van der Waals surface area contributed by atoms with Gasteiger partial charge in [0.05, 0.1) is 0 Å². The Bertz CT molecular complexity index is 448. The molecule has 82 valence electrons. The maximum Gasteiger partial charge on any atom is 0.105 e. The summed E-state index contributed by atoms with van der Waals surface area (Å²) in [5.41, 5.74) is 2.96. The van der Waals surface area contributed by atoms with E-state index in [4.69, 9.17) is 0 Å². The van der Waals surface area contributed by atoms with Gasteiger partial charge in [0.1, 0.15) is 6.10 Å². The van der Waals surface area contributed by atoms with Crippen LogP contribution in [-0.4, -0.2) is 5.11 Å². The van der Waals surface area contributed by atoms with Gasteiger partial charge in [-0.1, -0.05) is 58.4 Å². The zero-order chi connectivity index (χ0) is 11.5. The first kappa shape index (κ1) is 11.4. The zero-order valence-corrected chi connectivity index (χ0v) is 10.6. The van der Waals surface area contributed by atoms with Crippen LogP contribution in [0, 0.1) is 6.92 Å². The van der Waals surface area contributed by atoms with Gasteiger partial charge < -0.3 is 5.11 Å². The minimum absolute atomic E-state index is 0.572. The van der Waals surface area contributed by atoms with Gasteiger partial charge in [-0.15, -0.1) is 0 Å². The van der Waals surface area contributed by atoms with Crippen LogP contribution in [0.5, 0.6) is 0 Å². The molecule has 0 bridgehead atoms. The standard InChI is InChI=1S/C14H13BrO/c1-10-6-2-3-7-11(10)14(16)12-8-4-5-9-13(12)15/h2-9,14,16H,1H3/t14-/m0/s1. The molecule has 0 heterocycles. The van der Waals surface area contributed by atoms with Crippen molar-refractivity contribution in [1.29, 1.82) is 0 Å². The molecule has 2 aromatic carbocycles. The highest BCUT2D eigenvalue weighted by Crippen LogP contribution is 2.29. The molecule has 2 aromatic rings. The van der Waals surface area contributed by atoms with Crippen LogP contribution in [0.1, 0.15) is 22.8 Å². The lowest BCUT2D eigenvalue weighted by Crippen LogP contribution is -2.02. The van der Waals surface area contributed by atoms with E-state index in [0.717, 1.165) is 21.2 Å². The van der Waals surface area contributed by atoms with Crippen molar-refractivity contribution in [2.24, 2.45) is 0 Å². The predicted octanol–water partition coefficient (Wildman–Crippen LogP) is 3.84. The molecule has 2 heteroatoms. The van der Waals surface area contributed by atoms with Crippen molar-refractivity contribution in [3.8, 4) is 0 Å². The predicted molar refractivity (Wildman–Crippen MR) is 69.4 cm³/mol. The quantitative estimate of drug-likeness (QED) is 0.884. The first-order valence-electron chi connectivity index (χ1n) is 5.18. The molecule has 16 heavy (non-hydrogen) atoms. The Labute approximate surface area is 104 Å². The SMILES string of the molecule is Cc1ccccc1[C@H](O)c1ccccc1Br. The molecule has 1 N–H and O–H groups in total. The number of hydrogen-bond acceptors (Lipinski definition) is 1. The van der Waals surface area contributed by atoms with Gasteiger partial charge in [-0.2, -0.15) is 0 Å². The van der Waals surface area contributed by atoms with Crippen LogP contribution in [0.4, 0.5) is 0 Å². The Balaban J connectivity index is 2.44. The molecule has 0 saturated heterocycles. The molecule has 0 spiro atoms. The third kappa shape index (κ3) is 2.18. The number of rotatable bonds is 2. The van der Waals surface area contributed by atoms with Gasteiger partial charge >= 0.3 is 0 Å². The molecule has 0 aliphatic heterocycles. The van der Waals surface area contributed by atoms with Crippen LogP contribution < -0.4 is 0 Å². The Hall–Kier alpha value is -1.12. The molecule has 1 atom stereocenters. The van der Waals surface area contributed by atoms with Crippen LogP contribution in [0.15, 0.2) is 53.0 Å². The average Bonchev–Trinajstić information content (AvgIpc) is 2.29. The number of halogens is 1. The van der Waals surface area contributed by atoms with Gasteiger partial charge in [-0.25, -0.2) is 0 Å². The fourth-order valence-electron chi connectivity index (χ4n) is 1.76. The number of hydrogen-bond donors (Lipinski definition) is 1. The van der Waals surface area contributed by atoms with Crippen molar-refractivity contribution in [2.45, 2.75) is 13.0 Å². The highest BCUT2D eigenvalue weighted by atomic mass is 79.9. The highest BCUT2D eigenvalue weighted by molar-refractivity contribution is 9.10. The molecule has 1 nitrogen and oxygen atoms in total.